The zero-order valence-electron chi connectivity index (χ0n) is 9.09. The molecule has 0 fully saturated rings. The van der Waals surface area contributed by atoms with Gasteiger partial charge in [0.25, 0.3) is 0 Å². The summed E-state index contributed by atoms with van der Waals surface area (Å²) >= 11 is 0. The van der Waals surface area contributed by atoms with Crippen LogP contribution in [0, 0.1) is 0 Å². The lowest BCUT2D eigenvalue weighted by Gasteiger charge is -2.09. The number of imidazole rings is 1. The van der Waals surface area contributed by atoms with Gasteiger partial charge in [-0.1, -0.05) is 12.1 Å². The highest BCUT2D eigenvalue weighted by molar-refractivity contribution is 5.78. The Morgan fingerprint density at radius 2 is 2.19 bits per heavy atom. The Balaban J connectivity index is 2.21. The molecule has 5 heteroatoms. The van der Waals surface area contributed by atoms with Gasteiger partial charge < -0.3 is 20.1 Å². The van der Waals surface area contributed by atoms with Crippen LogP contribution in [-0.2, 0) is 7.05 Å². The van der Waals surface area contributed by atoms with Crippen LogP contribution in [0.25, 0.3) is 11.0 Å². The van der Waals surface area contributed by atoms with E-state index in [0.717, 1.165) is 11.0 Å². The van der Waals surface area contributed by atoms with Gasteiger partial charge in [-0.25, -0.2) is 4.98 Å². The number of anilines is 1. The van der Waals surface area contributed by atoms with Crippen LogP contribution in [0.3, 0.4) is 0 Å². The molecular formula is C11H15N3O2. The third kappa shape index (κ3) is 2.00. The molecule has 1 atom stereocenters. The molecule has 0 radical (unpaired) electrons. The molecule has 0 aliphatic rings. The second-order valence-corrected chi connectivity index (χ2v) is 3.70. The number of hydrogen-bond acceptors (Lipinski definition) is 4. The molecule has 0 amide bonds. The maximum atomic E-state index is 9.24. The van der Waals surface area contributed by atoms with Crippen molar-refractivity contribution < 1.29 is 10.2 Å². The average molecular weight is 221 g/mol. The Labute approximate surface area is 93.3 Å². The smallest absolute Gasteiger partial charge is 0.203 e. The molecule has 0 aliphatic carbocycles. The van der Waals surface area contributed by atoms with Gasteiger partial charge in [0.15, 0.2) is 0 Å². The molecule has 1 unspecified atom stereocenters. The van der Waals surface area contributed by atoms with Crippen LogP contribution in [0.15, 0.2) is 24.3 Å². The van der Waals surface area contributed by atoms with Crippen molar-refractivity contribution in [3.05, 3.63) is 24.3 Å². The summed E-state index contributed by atoms with van der Waals surface area (Å²) in [6.07, 6.45) is -0.764. The molecule has 16 heavy (non-hydrogen) atoms. The fraction of sp³-hybridized carbons (Fsp3) is 0.364. The van der Waals surface area contributed by atoms with E-state index in [0.29, 0.717) is 5.95 Å². The van der Waals surface area contributed by atoms with E-state index in [1.165, 1.54) is 0 Å². The van der Waals surface area contributed by atoms with Crippen molar-refractivity contribution in [2.24, 2.45) is 7.05 Å². The Hall–Kier alpha value is -1.59. The van der Waals surface area contributed by atoms with E-state index in [4.69, 9.17) is 5.11 Å². The number of aliphatic hydroxyl groups excluding tert-OH is 2. The molecule has 86 valence electrons. The Bertz CT molecular complexity index is 481. The molecule has 2 rings (SSSR count). The van der Waals surface area contributed by atoms with E-state index < -0.39 is 6.10 Å². The molecule has 1 heterocycles. The van der Waals surface area contributed by atoms with Crippen molar-refractivity contribution in [1.82, 2.24) is 9.55 Å². The van der Waals surface area contributed by atoms with Crippen molar-refractivity contribution >= 4 is 17.0 Å². The number of rotatable bonds is 4. The monoisotopic (exact) mass is 221 g/mol. The van der Waals surface area contributed by atoms with Crippen LogP contribution in [-0.4, -0.2) is 39.0 Å². The molecular weight excluding hydrogens is 206 g/mol. The van der Waals surface area contributed by atoms with Crippen molar-refractivity contribution in [2.75, 3.05) is 18.5 Å². The predicted octanol–water partition coefficient (Wildman–Crippen LogP) is 0.338. The standard InChI is InChI=1S/C11H15N3O2/c1-14-10-5-3-2-4-9(10)13-11(14)12-6-8(16)7-15/h2-5,8,15-16H,6-7H2,1H3,(H,12,13). The van der Waals surface area contributed by atoms with Crippen molar-refractivity contribution in [1.29, 1.82) is 0 Å². The number of fused-ring (bicyclic) bond motifs is 1. The Morgan fingerprint density at radius 3 is 2.88 bits per heavy atom. The number of aliphatic hydroxyl groups is 2. The van der Waals surface area contributed by atoms with Crippen molar-refractivity contribution in [3.8, 4) is 0 Å². The summed E-state index contributed by atoms with van der Waals surface area (Å²) in [7, 11) is 1.91. The zero-order chi connectivity index (χ0) is 11.5. The first-order chi connectivity index (χ1) is 7.72. The lowest BCUT2D eigenvalue weighted by atomic mass is 10.3. The minimum absolute atomic E-state index is 0.253. The number of nitrogens with one attached hydrogen (secondary N) is 1. The summed E-state index contributed by atoms with van der Waals surface area (Å²) in [4.78, 5) is 4.38. The van der Waals surface area contributed by atoms with E-state index in [1.54, 1.807) is 0 Å². The van der Waals surface area contributed by atoms with Gasteiger partial charge in [0, 0.05) is 13.6 Å². The quantitative estimate of drug-likeness (QED) is 0.696. The van der Waals surface area contributed by atoms with Gasteiger partial charge in [0.05, 0.1) is 23.7 Å². The molecule has 2 aromatic rings. The van der Waals surface area contributed by atoms with E-state index in [1.807, 2.05) is 35.9 Å². The Kier molecular flexibility index (Phi) is 3.07. The summed E-state index contributed by atoms with van der Waals surface area (Å²) in [5.41, 5.74) is 1.94. The SMILES string of the molecule is Cn1c(NCC(O)CO)nc2ccccc21. The number of nitrogens with zero attached hydrogens (tertiary/aromatic N) is 2. The van der Waals surface area contributed by atoms with Crippen LogP contribution in [0.5, 0.6) is 0 Å². The highest BCUT2D eigenvalue weighted by Crippen LogP contribution is 2.17. The van der Waals surface area contributed by atoms with Crippen LogP contribution in [0.2, 0.25) is 0 Å². The van der Waals surface area contributed by atoms with Gasteiger partial charge in [0.1, 0.15) is 0 Å². The third-order valence-electron chi connectivity index (χ3n) is 2.49. The minimum atomic E-state index is -0.764. The fourth-order valence-electron chi connectivity index (χ4n) is 1.58. The van der Waals surface area contributed by atoms with Crippen LogP contribution in [0.1, 0.15) is 0 Å². The number of benzene rings is 1. The average Bonchev–Trinajstić information content (AvgIpc) is 2.64. The second-order valence-electron chi connectivity index (χ2n) is 3.70. The maximum Gasteiger partial charge on any atom is 0.203 e. The normalized spacial score (nSPS) is 12.9. The molecule has 1 aromatic heterocycles. The maximum absolute atomic E-state index is 9.24. The van der Waals surface area contributed by atoms with Gasteiger partial charge in [-0.2, -0.15) is 0 Å². The van der Waals surface area contributed by atoms with Crippen LogP contribution < -0.4 is 5.32 Å². The highest BCUT2D eigenvalue weighted by Gasteiger charge is 2.08. The topological polar surface area (TPSA) is 70.3 Å². The lowest BCUT2D eigenvalue weighted by molar-refractivity contribution is 0.105. The van der Waals surface area contributed by atoms with Crippen molar-refractivity contribution in [2.45, 2.75) is 6.10 Å². The molecule has 1 aromatic carbocycles. The third-order valence-corrected chi connectivity index (χ3v) is 2.49. The molecule has 0 bridgehead atoms. The fourth-order valence-corrected chi connectivity index (χ4v) is 1.58. The summed E-state index contributed by atoms with van der Waals surface area (Å²) in [5, 5.41) is 20.9. The molecule has 0 saturated heterocycles. The van der Waals surface area contributed by atoms with E-state index in [-0.39, 0.29) is 13.2 Å². The number of aromatic nitrogens is 2. The number of para-hydroxylation sites is 2. The van der Waals surface area contributed by atoms with E-state index >= 15 is 0 Å². The Morgan fingerprint density at radius 1 is 1.44 bits per heavy atom. The van der Waals surface area contributed by atoms with Crippen LogP contribution in [0.4, 0.5) is 5.95 Å². The largest absolute Gasteiger partial charge is 0.394 e. The van der Waals surface area contributed by atoms with E-state index in [2.05, 4.69) is 10.3 Å². The van der Waals surface area contributed by atoms with Gasteiger partial charge in [0.2, 0.25) is 5.95 Å². The zero-order valence-corrected chi connectivity index (χ0v) is 9.09. The van der Waals surface area contributed by atoms with Crippen LogP contribution >= 0.6 is 0 Å². The van der Waals surface area contributed by atoms with E-state index in [9.17, 15) is 5.11 Å². The summed E-state index contributed by atoms with van der Waals surface area (Å²) in [6.45, 7) is 0.0323. The van der Waals surface area contributed by atoms with Gasteiger partial charge in [-0.05, 0) is 12.1 Å². The summed E-state index contributed by atoms with van der Waals surface area (Å²) in [5.74, 6) is 0.689. The highest BCUT2D eigenvalue weighted by atomic mass is 16.3. The number of aryl methyl sites for hydroxylation is 1. The molecule has 5 nitrogen and oxygen atoms in total. The molecule has 0 aliphatic heterocycles. The first-order valence-electron chi connectivity index (χ1n) is 5.16. The lowest BCUT2D eigenvalue weighted by Crippen LogP contribution is -2.24. The molecule has 3 N–H and O–H groups in total. The van der Waals surface area contributed by atoms with Gasteiger partial charge in [-0.3, -0.25) is 0 Å². The molecule has 0 saturated carbocycles. The first kappa shape index (κ1) is 10.9. The predicted molar refractivity (Wildman–Crippen MR) is 62.3 cm³/mol. The minimum Gasteiger partial charge on any atom is -0.394 e. The summed E-state index contributed by atoms with van der Waals surface area (Å²) in [6, 6.07) is 7.80. The second kappa shape index (κ2) is 4.51. The van der Waals surface area contributed by atoms with Gasteiger partial charge >= 0.3 is 0 Å². The van der Waals surface area contributed by atoms with Gasteiger partial charge in [-0.15, -0.1) is 0 Å². The molecule has 0 spiro atoms. The number of hydrogen-bond donors (Lipinski definition) is 3. The van der Waals surface area contributed by atoms with Crippen molar-refractivity contribution in [3.63, 3.8) is 0 Å². The summed E-state index contributed by atoms with van der Waals surface area (Å²) < 4.78 is 1.92. The first-order valence-corrected chi connectivity index (χ1v) is 5.16.